The number of non-ortho nitro benzene ring substituents is 1. The van der Waals surface area contributed by atoms with Crippen LogP contribution in [0.25, 0.3) is 0 Å². The Hall–Kier alpha value is -2.58. The van der Waals surface area contributed by atoms with Crippen LogP contribution in [0.15, 0.2) is 42.5 Å². The molecule has 0 amide bonds. The van der Waals surface area contributed by atoms with Crippen LogP contribution in [0.2, 0.25) is 5.02 Å². The van der Waals surface area contributed by atoms with E-state index in [-0.39, 0.29) is 5.69 Å². The lowest BCUT2D eigenvalue weighted by atomic mass is 10.1. The summed E-state index contributed by atoms with van der Waals surface area (Å²) in [6.07, 6.45) is 0.690. The average Bonchev–Trinajstić information content (AvgIpc) is 2.48. The van der Waals surface area contributed by atoms with Gasteiger partial charge in [0.05, 0.1) is 21.2 Å². The number of benzene rings is 2. The number of nitro groups is 1. The van der Waals surface area contributed by atoms with Gasteiger partial charge in [0.2, 0.25) is 0 Å². The minimum absolute atomic E-state index is 0.0771. The Morgan fingerprint density at radius 3 is 2.57 bits per heavy atom. The molecule has 0 radical (unpaired) electrons. The summed E-state index contributed by atoms with van der Waals surface area (Å²) < 4.78 is 0. The fraction of sp³-hybridized carbons (Fsp3) is 0.133. The van der Waals surface area contributed by atoms with Gasteiger partial charge < -0.3 is 5.32 Å². The zero-order chi connectivity index (χ0) is 15.2. The molecule has 1 N–H and O–H groups in total. The highest BCUT2D eigenvalue weighted by Gasteiger charge is 2.06. The van der Waals surface area contributed by atoms with Crippen molar-refractivity contribution in [3.05, 3.63) is 68.7 Å². The second kappa shape index (κ2) is 6.73. The highest BCUT2D eigenvalue weighted by atomic mass is 35.5. The molecule has 0 saturated heterocycles. The Morgan fingerprint density at radius 2 is 1.95 bits per heavy atom. The summed E-state index contributed by atoms with van der Waals surface area (Å²) in [5, 5.41) is 23.2. The van der Waals surface area contributed by atoms with Gasteiger partial charge in [-0.2, -0.15) is 5.26 Å². The molecule has 2 rings (SSSR count). The number of nitrogens with one attached hydrogen (secondary N) is 1. The van der Waals surface area contributed by atoms with Gasteiger partial charge in [0.1, 0.15) is 6.07 Å². The van der Waals surface area contributed by atoms with E-state index >= 15 is 0 Å². The van der Waals surface area contributed by atoms with E-state index in [2.05, 4.69) is 11.4 Å². The van der Waals surface area contributed by atoms with Crippen LogP contribution in [-0.4, -0.2) is 11.5 Å². The van der Waals surface area contributed by atoms with Gasteiger partial charge in [-0.3, -0.25) is 10.1 Å². The minimum Gasteiger partial charge on any atom is -0.384 e. The molecule has 0 heterocycles. The van der Waals surface area contributed by atoms with Gasteiger partial charge in [-0.1, -0.05) is 29.8 Å². The summed E-state index contributed by atoms with van der Waals surface area (Å²) in [7, 11) is 0. The number of nitrogens with zero attached hydrogens (tertiary/aromatic N) is 2. The van der Waals surface area contributed by atoms with Crippen LogP contribution in [0, 0.1) is 21.4 Å². The first-order valence-electron chi connectivity index (χ1n) is 6.27. The summed E-state index contributed by atoms with van der Waals surface area (Å²) >= 11 is 5.95. The third-order valence-corrected chi connectivity index (χ3v) is 3.32. The predicted molar refractivity (Wildman–Crippen MR) is 81.5 cm³/mol. The number of hydrogen-bond donors (Lipinski definition) is 1. The summed E-state index contributed by atoms with van der Waals surface area (Å²) in [6.45, 7) is 0.604. The Morgan fingerprint density at radius 1 is 1.24 bits per heavy atom. The van der Waals surface area contributed by atoms with Crippen molar-refractivity contribution < 1.29 is 4.92 Å². The SMILES string of the molecule is N#Cc1c(Cl)cccc1NCCc1ccc([N+](=O)[O-])cc1. The molecule has 0 aromatic heterocycles. The molecule has 0 bridgehead atoms. The van der Waals surface area contributed by atoms with E-state index in [0.717, 1.165) is 5.56 Å². The van der Waals surface area contributed by atoms with Crippen molar-refractivity contribution in [1.82, 2.24) is 0 Å². The zero-order valence-electron chi connectivity index (χ0n) is 11.0. The maximum atomic E-state index is 10.6. The maximum Gasteiger partial charge on any atom is 0.269 e. The summed E-state index contributed by atoms with van der Waals surface area (Å²) in [6, 6.07) is 13.7. The third kappa shape index (κ3) is 3.71. The van der Waals surface area contributed by atoms with Gasteiger partial charge in [0.15, 0.2) is 0 Å². The average molecular weight is 302 g/mol. The monoisotopic (exact) mass is 301 g/mol. The second-order valence-electron chi connectivity index (χ2n) is 4.37. The Bertz CT molecular complexity index is 693. The number of nitro benzene ring substituents is 1. The van der Waals surface area contributed by atoms with E-state index in [4.69, 9.17) is 16.9 Å². The maximum absolute atomic E-state index is 10.6. The summed E-state index contributed by atoms with van der Waals surface area (Å²) in [5.74, 6) is 0. The van der Waals surface area contributed by atoms with Crippen LogP contribution in [0.3, 0.4) is 0 Å². The van der Waals surface area contributed by atoms with E-state index < -0.39 is 4.92 Å². The van der Waals surface area contributed by atoms with Gasteiger partial charge in [0.25, 0.3) is 5.69 Å². The molecule has 0 atom stereocenters. The highest BCUT2D eigenvalue weighted by Crippen LogP contribution is 2.23. The van der Waals surface area contributed by atoms with Gasteiger partial charge in [0, 0.05) is 18.7 Å². The Balaban J connectivity index is 1.97. The van der Waals surface area contributed by atoms with Crippen molar-refractivity contribution in [1.29, 1.82) is 5.26 Å². The molecule has 21 heavy (non-hydrogen) atoms. The molecular weight excluding hydrogens is 290 g/mol. The van der Waals surface area contributed by atoms with E-state index in [1.165, 1.54) is 12.1 Å². The van der Waals surface area contributed by atoms with Crippen LogP contribution in [-0.2, 0) is 6.42 Å². The van der Waals surface area contributed by atoms with Crippen LogP contribution >= 0.6 is 11.6 Å². The highest BCUT2D eigenvalue weighted by molar-refractivity contribution is 6.32. The first-order chi connectivity index (χ1) is 10.1. The van der Waals surface area contributed by atoms with Gasteiger partial charge >= 0.3 is 0 Å². The molecule has 5 nitrogen and oxygen atoms in total. The molecule has 2 aromatic carbocycles. The smallest absolute Gasteiger partial charge is 0.269 e. The standard InChI is InChI=1S/C15H12ClN3O2/c16-14-2-1-3-15(13(14)10-17)18-9-8-11-4-6-12(7-5-11)19(20)21/h1-7,18H,8-9H2. The molecular formula is C15H12ClN3O2. The van der Waals surface area contributed by atoms with Crippen molar-refractivity contribution in [2.75, 3.05) is 11.9 Å². The predicted octanol–water partition coefficient (Wildman–Crippen LogP) is 3.77. The van der Waals surface area contributed by atoms with Crippen LogP contribution < -0.4 is 5.32 Å². The van der Waals surface area contributed by atoms with E-state index in [9.17, 15) is 10.1 Å². The molecule has 6 heteroatoms. The van der Waals surface area contributed by atoms with E-state index in [0.29, 0.717) is 29.2 Å². The summed E-state index contributed by atoms with van der Waals surface area (Å²) in [5.41, 5.74) is 2.16. The number of halogens is 1. The largest absolute Gasteiger partial charge is 0.384 e. The molecule has 0 unspecified atom stereocenters. The molecule has 0 spiro atoms. The molecule has 0 aliphatic rings. The Kier molecular flexibility index (Phi) is 4.75. The normalized spacial score (nSPS) is 9.90. The number of nitriles is 1. The number of rotatable bonds is 5. The van der Waals surface area contributed by atoms with E-state index in [1.807, 2.05) is 0 Å². The quantitative estimate of drug-likeness (QED) is 0.673. The lowest BCUT2D eigenvalue weighted by Crippen LogP contribution is -2.06. The van der Waals surface area contributed by atoms with Crippen LogP contribution in [0.4, 0.5) is 11.4 Å². The lowest BCUT2D eigenvalue weighted by Gasteiger charge is -2.09. The second-order valence-corrected chi connectivity index (χ2v) is 4.78. The molecule has 0 saturated carbocycles. The van der Waals surface area contributed by atoms with Gasteiger partial charge in [-0.25, -0.2) is 0 Å². The van der Waals surface area contributed by atoms with Crippen molar-refractivity contribution in [3.8, 4) is 6.07 Å². The van der Waals surface area contributed by atoms with Crippen LogP contribution in [0.5, 0.6) is 0 Å². The first kappa shape index (κ1) is 14.8. The van der Waals surface area contributed by atoms with Crippen molar-refractivity contribution >= 4 is 23.0 Å². The van der Waals surface area contributed by atoms with Crippen LogP contribution in [0.1, 0.15) is 11.1 Å². The third-order valence-electron chi connectivity index (χ3n) is 3.00. The molecule has 0 aliphatic carbocycles. The lowest BCUT2D eigenvalue weighted by molar-refractivity contribution is -0.384. The van der Waals surface area contributed by atoms with E-state index in [1.54, 1.807) is 30.3 Å². The Labute approximate surface area is 126 Å². The summed E-state index contributed by atoms with van der Waals surface area (Å²) in [4.78, 5) is 10.1. The van der Waals surface area contributed by atoms with Gasteiger partial charge in [-0.05, 0) is 24.1 Å². The number of anilines is 1. The fourth-order valence-electron chi connectivity index (χ4n) is 1.91. The topological polar surface area (TPSA) is 79.0 Å². The molecule has 0 aliphatic heterocycles. The minimum atomic E-state index is -0.423. The number of hydrogen-bond acceptors (Lipinski definition) is 4. The molecule has 2 aromatic rings. The van der Waals surface area contributed by atoms with Crippen molar-refractivity contribution in [3.63, 3.8) is 0 Å². The van der Waals surface area contributed by atoms with Crippen molar-refractivity contribution in [2.24, 2.45) is 0 Å². The van der Waals surface area contributed by atoms with Crippen molar-refractivity contribution in [2.45, 2.75) is 6.42 Å². The van der Waals surface area contributed by atoms with Gasteiger partial charge in [-0.15, -0.1) is 0 Å². The first-order valence-corrected chi connectivity index (χ1v) is 6.65. The zero-order valence-corrected chi connectivity index (χ0v) is 11.8. The molecule has 106 valence electrons. The fourth-order valence-corrected chi connectivity index (χ4v) is 2.13. The molecule has 0 fully saturated rings.